The lowest BCUT2D eigenvalue weighted by Crippen LogP contribution is -2.43. The summed E-state index contributed by atoms with van der Waals surface area (Å²) in [6.45, 7) is 2.65. The van der Waals surface area contributed by atoms with Crippen LogP contribution >= 0.6 is 0 Å². The smallest absolute Gasteiger partial charge is 0.108 e. The number of aliphatic hydroxyl groups excluding tert-OH is 1. The Labute approximate surface area is 72.4 Å². The van der Waals surface area contributed by atoms with Crippen molar-refractivity contribution in [3.05, 3.63) is 0 Å². The quantitative estimate of drug-likeness (QED) is 0.663. The van der Waals surface area contributed by atoms with Crippen LogP contribution in [-0.2, 0) is 0 Å². The maximum Gasteiger partial charge on any atom is 0.108 e. The first-order chi connectivity index (χ1) is 5.81. The lowest BCUT2D eigenvalue weighted by molar-refractivity contribution is 0.0662. The second-order valence-corrected chi connectivity index (χ2v) is 4.03. The molecule has 2 nitrogen and oxygen atoms in total. The third-order valence-corrected chi connectivity index (χ3v) is 3.21. The van der Waals surface area contributed by atoms with Gasteiger partial charge in [-0.15, -0.1) is 0 Å². The van der Waals surface area contributed by atoms with E-state index in [-0.39, 0.29) is 18.4 Å². The molecule has 2 unspecified atom stereocenters. The Balaban J connectivity index is 1.93. The van der Waals surface area contributed by atoms with E-state index in [2.05, 4.69) is 4.90 Å². The first-order valence-electron chi connectivity index (χ1n) is 4.78. The predicted molar refractivity (Wildman–Crippen MR) is 44.6 cm³/mol. The van der Waals surface area contributed by atoms with Gasteiger partial charge in [0.05, 0.1) is 6.61 Å². The molecule has 0 amide bonds. The molecule has 1 saturated carbocycles. The molecule has 2 atom stereocenters. The molecule has 70 valence electrons. The number of fused-ring (bicyclic) bond motifs is 2. The summed E-state index contributed by atoms with van der Waals surface area (Å²) in [5.41, 5.74) is 0. The van der Waals surface area contributed by atoms with Gasteiger partial charge in [0, 0.05) is 31.5 Å². The van der Waals surface area contributed by atoms with Gasteiger partial charge in [0.25, 0.3) is 0 Å². The van der Waals surface area contributed by atoms with Gasteiger partial charge in [-0.05, 0) is 12.8 Å². The van der Waals surface area contributed by atoms with E-state index >= 15 is 0 Å². The van der Waals surface area contributed by atoms with Crippen LogP contribution in [0.5, 0.6) is 0 Å². The lowest BCUT2D eigenvalue weighted by atomic mass is 9.96. The highest BCUT2D eigenvalue weighted by molar-refractivity contribution is 4.92. The lowest BCUT2D eigenvalue weighted by Gasteiger charge is -2.33. The van der Waals surface area contributed by atoms with Crippen LogP contribution in [0.3, 0.4) is 0 Å². The van der Waals surface area contributed by atoms with Gasteiger partial charge in [-0.1, -0.05) is 0 Å². The summed E-state index contributed by atoms with van der Waals surface area (Å²) in [4.78, 5) is 2.19. The first-order valence-corrected chi connectivity index (χ1v) is 4.78. The largest absolute Gasteiger partial charge is 0.395 e. The maximum atomic E-state index is 13.4. The van der Waals surface area contributed by atoms with Crippen LogP contribution < -0.4 is 0 Å². The molecule has 2 fully saturated rings. The van der Waals surface area contributed by atoms with Crippen LogP contribution in [0.1, 0.15) is 12.8 Å². The molecule has 2 bridgehead atoms. The average molecular weight is 173 g/mol. The topological polar surface area (TPSA) is 23.5 Å². The number of aliphatic hydroxyl groups is 1. The number of hydrogen-bond donors (Lipinski definition) is 1. The van der Waals surface area contributed by atoms with Crippen LogP contribution in [-0.4, -0.2) is 42.4 Å². The fourth-order valence-electron chi connectivity index (χ4n) is 2.58. The van der Waals surface area contributed by atoms with Crippen LogP contribution in [0.15, 0.2) is 0 Å². The minimum absolute atomic E-state index is 0.205. The monoisotopic (exact) mass is 173 g/mol. The summed E-state index contributed by atoms with van der Waals surface area (Å²) in [5, 5.41) is 8.74. The molecule has 1 N–H and O–H groups in total. The summed E-state index contributed by atoms with van der Waals surface area (Å²) < 4.78 is 13.4. The molecular formula is C9H16FNO. The number of likely N-dealkylation sites (tertiary alicyclic amines) is 1. The molecule has 2 rings (SSSR count). The van der Waals surface area contributed by atoms with Crippen LogP contribution in [0, 0.1) is 11.8 Å². The van der Waals surface area contributed by atoms with E-state index in [1.165, 1.54) is 0 Å². The van der Waals surface area contributed by atoms with Gasteiger partial charge in [0.1, 0.15) is 6.17 Å². The zero-order chi connectivity index (χ0) is 8.55. The molecule has 0 spiro atoms. The van der Waals surface area contributed by atoms with E-state index in [1.54, 1.807) is 0 Å². The number of piperidine rings is 1. The van der Waals surface area contributed by atoms with Gasteiger partial charge in [0.2, 0.25) is 0 Å². The van der Waals surface area contributed by atoms with Gasteiger partial charge < -0.3 is 10.0 Å². The number of rotatable bonds is 2. The van der Waals surface area contributed by atoms with Crippen molar-refractivity contribution in [2.24, 2.45) is 11.8 Å². The molecular weight excluding hydrogens is 157 g/mol. The maximum absolute atomic E-state index is 13.4. The fourth-order valence-corrected chi connectivity index (χ4v) is 2.58. The van der Waals surface area contributed by atoms with Crippen molar-refractivity contribution in [1.82, 2.24) is 4.90 Å². The Morgan fingerprint density at radius 2 is 1.83 bits per heavy atom. The van der Waals surface area contributed by atoms with E-state index < -0.39 is 6.17 Å². The number of hydrogen-bond acceptors (Lipinski definition) is 2. The molecule has 1 heterocycles. The molecule has 1 aliphatic carbocycles. The third-order valence-electron chi connectivity index (χ3n) is 3.21. The second-order valence-electron chi connectivity index (χ2n) is 4.03. The molecule has 12 heavy (non-hydrogen) atoms. The number of nitrogens with zero attached hydrogens (tertiary/aromatic N) is 1. The Morgan fingerprint density at radius 3 is 2.33 bits per heavy atom. The van der Waals surface area contributed by atoms with E-state index in [9.17, 15) is 4.39 Å². The standard InChI is InChI=1S/C9H16FNO/c10-9-7-1-2-8(9)6-11(5-7)3-4-12/h7-9,12H,1-6H2. The fraction of sp³-hybridized carbons (Fsp3) is 1.00. The summed E-state index contributed by atoms with van der Waals surface area (Å²) in [6, 6.07) is 0. The predicted octanol–water partition coefficient (Wildman–Crippen LogP) is 0.659. The van der Waals surface area contributed by atoms with E-state index in [0.29, 0.717) is 0 Å². The second kappa shape index (κ2) is 3.30. The van der Waals surface area contributed by atoms with Crippen molar-refractivity contribution in [3.63, 3.8) is 0 Å². The minimum atomic E-state index is -0.556. The summed E-state index contributed by atoms with van der Waals surface area (Å²) in [7, 11) is 0. The number of halogens is 1. The van der Waals surface area contributed by atoms with Crippen LogP contribution in [0.25, 0.3) is 0 Å². The third kappa shape index (κ3) is 1.36. The molecule has 3 heteroatoms. The molecule has 0 aromatic rings. The Kier molecular flexibility index (Phi) is 2.33. The minimum Gasteiger partial charge on any atom is -0.395 e. The number of β-amino-alcohol motifs (C(OH)–C–C–N with tert-alkyl or cyclic N) is 1. The Hall–Kier alpha value is -0.150. The molecule has 0 aromatic heterocycles. The summed E-state index contributed by atoms with van der Waals surface area (Å²) in [6.07, 6.45) is 1.54. The van der Waals surface area contributed by atoms with Gasteiger partial charge in [0.15, 0.2) is 0 Å². The zero-order valence-electron chi connectivity index (χ0n) is 7.25. The summed E-state index contributed by atoms with van der Waals surface area (Å²) >= 11 is 0. The zero-order valence-corrected chi connectivity index (χ0v) is 7.25. The van der Waals surface area contributed by atoms with Gasteiger partial charge in [-0.25, -0.2) is 4.39 Å². The van der Waals surface area contributed by atoms with Gasteiger partial charge >= 0.3 is 0 Å². The van der Waals surface area contributed by atoms with Crippen molar-refractivity contribution in [2.75, 3.05) is 26.2 Å². The highest BCUT2D eigenvalue weighted by Gasteiger charge is 2.41. The van der Waals surface area contributed by atoms with Gasteiger partial charge in [-0.3, -0.25) is 0 Å². The van der Waals surface area contributed by atoms with Crippen molar-refractivity contribution >= 4 is 0 Å². The number of alkyl halides is 1. The van der Waals surface area contributed by atoms with Crippen LogP contribution in [0.2, 0.25) is 0 Å². The van der Waals surface area contributed by atoms with Gasteiger partial charge in [-0.2, -0.15) is 0 Å². The van der Waals surface area contributed by atoms with Crippen molar-refractivity contribution in [2.45, 2.75) is 19.0 Å². The molecule has 0 radical (unpaired) electrons. The van der Waals surface area contributed by atoms with Crippen LogP contribution in [0.4, 0.5) is 4.39 Å². The highest BCUT2D eigenvalue weighted by atomic mass is 19.1. The van der Waals surface area contributed by atoms with E-state index in [1.807, 2.05) is 0 Å². The Morgan fingerprint density at radius 1 is 1.25 bits per heavy atom. The Bertz CT molecular complexity index is 151. The van der Waals surface area contributed by atoms with E-state index in [4.69, 9.17) is 5.11 Å². The molecule has 1 saturated heterocycles. The molecule has 2 aliphatic rings. The van der Waals surface area contributed by atoms with E-state index in [0.717, 1.165) is 32.5 Å². The molecule has 1 aliphatic heterocycles. The SMILES string of the molecule is OCCN1CC2CCC(C1)C2F. The summed E-state index contributed by atoms with van der Waals surface area (Å²) in [5.74, 6) is 0.519. The first kappa shape index (κ1) is 8.45. The van der Waals surface area contributed by atoms with Crippen molar-refractivity contribution in [1.29, 1.82) is 0 Å². The average Bonchev–Trinajstić information content (AvgIpc) is 2.33. The highest BCUT2D eigenvalue weighted by Crippen LogP contribution is 2.38. The molecule has 0 aromatic carbocycles. The van der Waals surface area contributed by atoms with Crippen molar-refractivity contribution in [3.8, 4) is 0 Å². The normalized spacial score (nSPS) is 42.0. The van der Waals surface area contributed by atoms with Crippen molar-refractivity contribution < 1.29 is 9.50 Å².